The maximum atomic E-state index is 5.80. The van der Waals surface area contributed by atoms with E-state index in [1.807, 2.05) is 0 Å². The van der Waals surface area contributed by atoms with E-state index in [2.05, 4.69) is 12.8 Å². The average Bonchev–Trinajstić information content (AvgIpc) is 2.17. The molecule has 0 aliphatic rings. The van der Waals surface area contributed by atoms with Crippen molar-refractivity contribution in [3.8, 4) is 12.3 Å². The van der Waals surface area contributed by atoms with E-state index in [1.165, 1.54) is 44.9 Å². The lowest BCUT2D eigenvalue weighted by atomic mass is 10.0. The highest BCUT2D eigenvalue weighted by molar-refractivity contribution is 4.88. The Morgan fingerprint density at radius 1 is 1.07 bits per heavy atom. The minimum atomic E-state index is 0.232. The zero-order chi connectivity index (χ0) is 10.6. The number of hydrogen-bond acceptors (Lipinski definition) is 1. The lowest BCUT2D eigenvalue weighted by molar-refractivity contribution is 0.535. The molecule has 0 rings (SSSR count). The Bertz CT molecular complexity index is 146. The maximum absolute atomic E-state index is 5.80. The third-order valence-corrected chi connectivity index (χ3v) is 2.56. The van der Waals surface area contributed by atoms with Gasteiger partial charge >= 0.3 is 0 Å². The second kappa shape index (κ2) is 10.6. The summed E-state index contributed by atoms with van der Waals surface area (Å²) in [5.41, 5.74) is 5.80. The van der Waals surface area contributed by atoms with E-state index in [0.717, 1.165) is 12.8 Å². The van der Waals surface area contributed by atoms with Gasteiger partial charge in [-0.2, -0.15) is 0 Å². The summed E-state index contributed by atoms with van der Waals surface area (Å²) in [6.07, 6.45) is 16.4. The zero-order valence-corrected chi connectivity index (χ0v) is 9.60. The van der Waals surface area contributed by atoms with Crippen LogP contribution in [-0.4, -0.2) is 6.04 Å². The fourth-order valence-electron chi connectivity index (χ4n) is 1.62. The summed E-state index contributed by atoms with van der Waals surface area (Å²) in [7, 11) is 0. The molecule has 2 N–H and O–H groups in total. The Morgan fingerprint density at radius 2 is 1.64 bits per heavy atom. The van der Waals surface area contributed by atoms with E-state index < -0.39 is 0 Å². The molecule has 0 aromatic rings. The van der Waals surface area contributed by atoms with Crippen molar-refractivity contribution in [2.24, 2.45) is 5.73 Å². The first-order valence-corrected chi connectivity index (χ1v) is 6.00. The van der Waals surface area contributed by atoms with Crippen molar-refractivity contribution in [1.82, 2.24) is 0 Å². The first-order valence-electron chi connectivity index (χ1n) is 6.00. The zero-order valence-electron chi connectivity index (χ0n) is 9.60. The Kier molecular flexibility index (Phi) is 10.2. The van der Waals surface area contributed by atoms with Crippen molar-refractivity contribution in [1.29, 1.82) is 0 Å². The topological polar surface area (TPSA) is 26.0 Å². The summed E-state index contributed by atoms with van der Waals surface area (Å²) < 4.78 is 0. The van der Waals surface area contributed by atoms with Crippen LogP contribution in [0.1, 0.15) is 64.7 Å². The van der Waals surface area contributed by atoms with E-state index in [1.54, 1.807) is 0 Å². The maximum Gasteiger partial charge on any atom is 0.0238 e. The predicted octanol–water partition coefficient (Wildman–Crippen LogP) is 3.48. The first kappa shape index (κ1) is 13.5. The molecule has 0 amide bonds. The van der Waals surface area contributed by atoms with Gasteiger partial charge in [0.2, 0.25) is 0 Å². The molecule has 1 heteroatoms. The molecular weight excluding hydrogens is 170 g/mol. The third-order valence-electron chi connectivity index (χ3n) is 2.56. The van der Waals surface area contributed by atoms with Gasteiger partial charge in [0.05, 0.1) is 0 Å². The van der Waals surface area contributed by atoms with E-state index in [0.29, 0.717) is 0 Å². The quantitative estimate of drug-likeness (QED) is 0.442. The van der Waals surface area contributed by atoms with Crippen molar-refractivity contribution in [2.45, 2.75) is 70.8 Å². The molecule has 0 bridgehead atoms. The second-order valence-electron chi connectivity index (χ2n) is 4.08. The van der Waals surface area contributed by atoms with Crippen LogP contribution in [0, 0.1) is 12.3 Å². The Balaban J connectivity index is 3.02. The molecule has 1 unspecified atom stereocenters. The largest absolute Gasteiger partial charge is 0.327 e. The molecule has 0 spiro atoms. The average molecular weight is 195 g/mol. The monoisotopic (exact) mass is 195 g/mol. The van der Waals surface area contributed by atoms with Crippen molar-refractivity contribution < 1.29 is 0 Å². The van der Waals surface area contributed by atoms with Crippen LogP contribution in [0.5, 0.6) is 0 Å². The van der Waals surface area contributed by atoms with Gasteiger partial charge in [-0.1, -0.05) is 51.9 Å². The normalized spacial score (nSPS) is 12.4. The van der Waals surface area contributed by atoms with E-state index >= 15 is 0 Å². The molecule has 1 nitrogen and oxygen atoms in total. The molecule has 0 heterocycles. The van der Waals surface area contributed by atoms with Gasteiger partial charge in [-0.25, -0.2) is 0 Å². The summed E-state index contributed by atoms with van der Waals surface area (Å²) in [4.78, 5) is 0. The van der Waals surface area contributed by atoms with Crippen molar-refractivity contribution in [3.05, 3.63) is 0 Å². The van der Waals surface area contributed by atoms with Gasteiger partial charge in [-0.05, 0) is 6.42 Å². The first-order chi connectivity index (χ1) is 6.81. The molecule has 0 saturated heterocycles. The molecule has 0 aliphatic heterocycles. The highest BCUT2D eigenvalue weighted by atomic mass is 14.6. The molecule has 14 heavy (non-hydrogen) atoms. The number of unbranched alkanes of at least 4 members (excludes halogenated alkanes) is 6. The molecule has 0 radical (unpaired) electrons. The van der Waals surface area contributed by atoms with Crippen molar-refractivity contribution in [3.63, 3.8) is 0 Å². The molecule has 1 atom stereocenters. The lowest BCUT2D eigenvalue weighted by Crippen LogP contribution is -2.18. The number of hydrogen-bond donors (Lipinski definition) is 1. The van der Waals surface area contributed by atoms with Crippen LogP contribution in [0.3, 0.4) is 0 Å². The van der Waals surface area contributed by atoms with Crippen LogP contribution in [-0.2, 0) is 0 Å². The van der Waals surface area contributed by atoms with Gasteiger partial charge in [0.25, 0.3) is 0 Å². The highest BCUT2D eigenvalue weighted by Gasteiger charge is 1.99. The van der Waals surface area contributed by atoms with Crippen LogP contribution in [0.25, 0.3) is 0 Å². The minimum Gasteiger partial charge on any atom is -0.327 e. The van der Waals surface area contributed by atoms with Gasteiger partial charge in [0.1, 0.15) is 0 Å². The minimum absolute atomic E-state index is 0.232. The molecule has 0 aromatic carbocycles. The van der Waals surface area contributed by atoms with Crippen molar-refractivity contribution >= 4 is 0 Å². The highest BCUT2D eigenvalue weighted by Crippen LogP contribution is 2.09. The van der Waals surface area contributed by atoms with Crippen LogP contribution < -0.4 is 5.73 Å². The Morgan fingerprint density at radius 3 is 2.21 bits per heavy atom. The van der Waals surface area contributed by atoms with Gasteiger partial charge in [-0.15, -0.1) is 12.3 Å². The Hall–Kier alpha value is -0.480. The molecule has 0 fully saturated rings. The predicted molar refractivity (Wildman–Crippen MR) is 64.0 cm³/mol. The van der Waals surface area contributed by atoms with Crippen LogP contribution in [0.2, 0.25) is 0 Å². The summed E-state index contributed by atoms with van der Waals surface area (Å²) in [6, 6.07) is 0.232. The van der Waals surface area contributed by atoms with Gasteiger partial charge in [0.15, 0.2) is 0 Å². The summed E-state index contributed by atoms with van der Waals surface area (Å²) >= 11 is 0. The number of rotatable bonds is 9. The summed E-state index contributed by atoms with van der Waals surface area (Å²) in [5, 5.41) is 0. The third kappa shape index (κ3) is 9.61. The van der Waals surface area contributed by atoms with Gasteiger partial charge < -0.3 is 5.73 Å². The SMILES string of the molecule is C#CCC(N)CCCCCCCCC. The molecule has 0 aromatic heterocycles. The van der Waals surface area contributed by atoms with E-state index in [9.17, 15) is 0 Å². The van der Waals surface area contributed by atoms with E-state index in [-0.39, 0.29) is 6.04 Å². The van der Waals surface area contributed by atoms with Gasteiger partial charge in [0, 0.05) is 12.5 Å². The summed E-state index contributed by atoms with van der Waals surface area (Å²) in [5.74, 6) is 2.61. The van der Waals surface area contributed by atoms with E-state index in [4.69, 9.17) is 12.2 Å². The number of nitrogens with two attached hydrogens (primary N) is 1. The van der Waals surface area contributed by atoms with Gasteiger partial charge in [-0.3, -0.25) is 0 Å². The second-order valence-corrected chi connectivity index (χ2v) is 4.08. The van der Waals surface area contributed by atoms with Crippen LogP contribution >= 0.6 is 0 Å². The Labute approximate surface area is 89.5 Å². The van der Waals surface area contributed by atoms with Crippen molar-refractivity contribution in [2.75, 3.05) is 0 Å². The fourth-order valence-corrected chi connectivity index (χ4v) is 1.62. The lowest BCUT2D eigenvalue weighted by Gasteiger charge is -2.07. The summed E-state index contributed by atoms with van der Waals surface area (Å²) in [6.45, 7) is 2.25. The fraction of sp³-hybridized carbons (Fsp3) is 0.846. The van der Waals surface area contributed by atoms with Crippen LogP contribution in [0.15, 0.2) is 0 Å². The number of terminal acetylenes is 1. The molecule has 0 saturated carbocycles. The molecule has 0 aliphatic carbocycles. The smallest absolute Gasteiger partial charge is 0.0238 e. The standard InChI is InChI=1S/C13H25N/c1-3-5-6-7-8-9-10-12-13(14)11-4-2/h2,13H,3,5-12,14H2,1H3. The molecule has 82 valence electrons. The van der Waals surface area contributed by atoms with Crippen LogP contribution in [0.4, 0.5) is 0 Å². The molecular formula is C13H25N.